The van der Waals surface area contributed by atoms with Crippen LogP contribution in [0.25, 0.3) is 10.2 Å². The monoisotopic (exact) mass is 320 g/mol. The Morgan fingerprint density at radius 2 is 2.10 bits per heavy atom. The number of thiophene rings is 1. The van der Waals surface area contributed by atoms with Gasteiger partial charge in [-0.1, -0.05) is 0 Å². The fraction of sp³-hybridized carbons (Fsp3) is 0.308. The number of nitrogens with one attached hydrogen (secondary N) is 2. The molecule has 8 heteroatoms. The summed E-state index contributed by atoms with van der Waals surface area (Å²) in [5.74, 6) is 6.67. The molecule has 6 nitrogen and oxygen atoms in total. The summed E-state index contributed by atoms with van der Waals surface area (Å²) in [6.07, 6.45) is 0.874. The number of fused-ring (bicyclic) bond motifs is 1. The molecule has 0 atom stereocenters. The zero-order valence-corrected chi connectivity index (χ0v) is 13.4. The van der Waals surface area contributed by atoms with Crippen LogP contribution >= 0.6 is 22.7 Å². The van der Waals surface area contributed by atoms with Gasteiger partial charge in [-0.2, -0.15) is 4.98 Å². The lowest BCUT2D eigenvalue weighted by Crippen LogP contribution is -2.13. The van der Waals surface area contributed by atoms with Gasteiger partial charge >= 0.3 is 0 Å². The summed E-state index contributed by atoms with van der Waals surface area (Å²) in [6.45, 7) is 4.84. The van der Waals surface area contributed by atoms with Crippen LogP contribution in [-0.4, -0.2) is 21.5 Å². The fourth-order valence-electron chi connectivity index (χ4n) is 2.05. The third-order valence-electron chi connectivity index (χ3n) is 2.94. The number of nitrogens with zero attached hydrogens (tertiary/aromatic N) is 3. The van der Waals surface area contributed by atoms with Crippen molar-refractivity contribution in [3.8, 4) is 0 Å². The Morgan fingerprint density at radius 1 is 1.24 bits per heavy atom. The van der Waals surface area contributed by atoms with E-state index >= 15 is 0 Å². The molecule has 3 rings (SSSR count). The number of hydrogen-bond acceptors (Lipinski definition) is 8. The maximum atomic E-state index is 5.43. The number of anilines is 2. The van der Waals surface area contributed by atoms with Gasteiger partial charge in [0, 0.05) is 28.9 Å². The summed E-state index contributed by atoms with van der Waals surface area (Å²) in [4.78, 5) is 15.4. The van der Waals surface area contributed by atoms with Crippen LogP contribution in [0.3, 0.4) is 0 Å². The van der Waals surface area contributed by atoms with Crippen molar-refractivity contribution in [2.24, 2.45) is 5.84 Å². The van der Waals surface area contributed by atoms with Crippen molar-refractivity contribution < 1.29 is 0 Å². The van der Waals surface area contributed by atoms with Crippen molar-refractivity contribution in [1.29, 1.82) is 0 Å². The van der Waals surface area contributed by atoms with E-state index in [2.05, 4.69) is 44.1 Å². The van der Waals surface area contributed by atoms with E-state index in [-0.39, 0.29) is 0 Å². The van der Waals surface area contributed by atoms with Gasteiger partial charge in [-0.25, -0.2) is 15.8 Å². The van der Waals surface area contributed by atoms with Gasteiger partial charge in [0.05, 0.1) is 10.4 Å². The highest BCUT2D eigenvalue weighted by molar-refractivity contribution is 7.18. The van der Waals surface area contributed by atoms with Gasteiger partial charge in [0.25, 0.3) is 0 Å². The first-order valence-electron chi connectivity index (χ1n) is 6.55. The summed E-state index contributed by atoms with van der Waals surface area (Å²) < 4.78 is 0. The standard InChI is InChI=1S/C13H16N6S2/c1-7-6-20-10(16-7)3-4-15-11-9-5-8(2)21-12(9)18-13(17-11)19-14/h5-6H,3-4,14H2,1-2H3,(H2,15,17,18,19). The quantitative estimate of drug-likeness (QED) is 0.495. The van der Waals surface area contributed by atoms with Gasteiger partial charge in [0.15, 0.2) is 0 Å². The molecule has 0 aromatic carbocycles. The molecule has 0 spiro atoms. The van der Waals surface area contributed by atoms with Crippen molar-refractivity contribution in [3.05, 3.63) is 27.0 Å². The lowest BCUT2D eigenvalue weighted by molar-refractivity contribution is 0.978. The molecular weight excluding hydrogens is 304 g/mol. The van der Waals surface area contributed by atoms with Gasteiger partial charge in [0.1, 0.15) is 10.6 Å². The number of thiazole rings is 1. The van der Waals surface area contributed by atoms with E-state index in [1.165, 1.54) is 4.88 Å². The van der Waals surface area contributed by atoms with Gasteiger partial charge in [-0.15, -0.1) is 22.7 Å². The number of hydrogen-bond donors (Lipinski definition) is 3. The Morgan fingerprint density at radius 3 is 2.81 bits per heavy atom. The molecule has 3 heterocycles. The number of aromatic nitrogens is 3. The van der Waals surface area contributed by atoms with Crippen molar-refractivity contribution in [1.82, 2.24) is 15.0 Å². The molecule has 3 aromatic rings. The average molecular weight is 320 g/mol. The number of nitrogens with two attached hydrogens (primary N) is 1. The van der Waals surface area contributed by atoms with Crippen LogP contribution in [0.4, 0.5) is 11.8 Å². The first-order valence-corrected chi connectivity index (χ1v) is 8.25. The van der Waals surface area contributed by atoms with Gasteiger partial charge in [0.2, 0.25) is 5.95 Å². The third kappa shape index (κ3) is 3.12. The minimum absolute atomic E-state index is 0.428. The molecule has 0 aliphatic heterocycles. The molecule has 4 N–H and O–H groups in total. The predicted molar refractivity (Wildman–Crippen MR) is 89.0 cm³/mol. The molecule has 0 saturated carbocycles. The van der Waals surface area contributed by atoms with E-state index in [0.29, 0.717) is 5.95 Å². The van der Waals surface area contributed by atoms with E-state index in [0.717, 1.165) is 39.7 Å². The maximum absolute atomic E-state index is 5.43. The van der Waals surface area contributed by atoms with Gasteiger partial charge < -0.3 is 5.32 Å². The Balaban J connectivity index is 1.78. The van der Waals surface area contributed by atoms with Crippen LogP contribution in [0.2, 0.25) is 0 Å². The maximum Gasteiger partial charge on any atom is 0.240 e. The minimum Gasteiger partial charge on any atom is -0.369 e. The molecule has 0 aliphatic rings. The fourth-order valence-corrected chi connectivity index (χ4v) is 3.70. The van der Waals surface area contributed by atoms with E-state index < -0.39 is 0 Å². The van der Waals surface area contributed by atoms with E-state index in [4.69, 9.17) is 5.84 Å². The second-order valence-corrected chi connectivity index (χ2v) is 6.85. The van der Waals surface area contributed by atoms with Crippen LogP contribution in [0, 0.1) is 13.8 Å². The third-order valence-corrected chi connectivity index (χ3v) is 4.91. The van der Waals surface area contributed by atoms with Crippen LogP contribution in [0.5, 0.6) is 0 Å². The van der Waals surface area contributed by atoms with Crippen molar-refractivity contribution in [3.63, 3.8) is 0 Å². The van der Waals surface area contributed by atoms with E-state index in [9.17, 15) is 0 Å². The summed E-state index contributed by atoms with van der Waals surface area (Å²) in [5, 5.41) is 7.59. The smallest absolute Gasteiger partial charge is 0.240 e. The first-order chi connectivity index (χ1) is 10.2. The number of hydrazine groups is 1. The van der Waals surface area contributed by atoms with Crippen LogP contribution in [0.15, 0.2) is 11.4 Å². The highest BCUT2D eigenvalue weighted by atomic mass is 32.1. The molecule has 21 heavy (non-hydrogen) atoms. The zero-order valence-electron chi connectivity index (χ0n) is 11.8. The molecule has 0 aliphatic carbocycles. The zero-order chi connectivity index (χ0) is 14.8. The van der Waals surface area contributed by atoms with Crippen LogP contribution in [0.1, 0.15) is 15.6 Å². The van der Waals surface area contributed by atoms with Crippen LogP contribution in [-0.2, 0) is 6.42 Å². The number of nitrogen functional groups attached to an aromatic ring is 1. The molecule has 0 unspecified atom stereocenters. The van der Waals surface area contributed by atoms with Crippen molar-refractivity contribution in [2.75, 3.05) is 17.3 Å². The van der Waals surface area contributed by atoms with Crippen LogP contribution < -0.4 is 16.6 Å². The Kier molecular flexibility index (Phi) is 4.00. The topological polar surface area (TPSA) is 88.8 Å². The average Bonchev–Trinajstić information content (AvgIpc) is 3.03. The first kappa shape index (κ1) is 14.2. The predicted octanol–water partition coefficient (Wildman–Crippen LogP) is 2.70. The molecule has 0 bridgehead atoms. The summed E-state index contributed by atoms with van der Waals surface area (Å²) in [5.41, 5.74) is 3.59. The Labute approximate surface area is 130 Å². The minimum atomic E-state index is 0.428. The van der Waals surface area contributed by atoms with Gasteiger partial charge in [-0.3, -0.25) is 5.43 Å². The lowest BCUT2D eigenvalue weighted by atomic mass is 10.3. The van der Waals surface area contributed by atoms with E-state index in [1.54, 1.807) is 22.7 Å². The Bertz CT molecular complexity index is 763. The van der Waals surface area contributed by atoms with Crippen molar-refractivity contribution >= 4 is 44.7 Å². The normalized spacial score (nSPS) is 11.0. The molecule has 110 valence electrons. The summed E-state index contributed by atoms with van der Waals surface area (Å²) in [7, 11) is 0. The molecule has 0 radical (unpaired) electrons. The second kappa shape index (κ2) is 5.92. The largest absolute Gasteiger partial charge is 0.369 e. The summed E-state index contributed by atoms with van der Waals surface area (Å²) in [6, 6.07) is 2.09. The highest BCUT2D eigenvalue weighted by Gasteiger charge is 2.10. The lowest BCUT2D eigenvalue weighted by Gasteiger charge is -2.07. The highest BCUT2D eigenvalue weighted by Crippen LogP contribution is 2.29. The number of aryl methyl sites for hydroxylation is 2. The SMILES string of the molecule is Cc1csc(CCNc2nc(NN)nc3sc(C)cc23)n1. The molecule has 0 saturated heterocycles. The molecular formula is C13H16N6S2. The summed E-state index contributed by atoms with van der Waals surface area (Å²) >= 11 is 3.32. The second-order valence-electron chi connectivity index (χ2n) is 4.68. The van der Waals surface area contributed by atoms with Crippen molar-refractivity contribution in [2.45, 2.75) is 20.3 Å². The van der Waals surface area contributed by atoms with E-state index in [1.807, 2.05) is 6.92 Å². The molecule has 0 fully saturated rings. The number of rotatable bonds is 5. The van der Waals surface area contributed by atoms with Gasteiger partial charge in [-0.05, 0) is 19.9 Å². The Hall–Kier alpha value is -1.77. The molecule has 0 amide bonds. The molecule has 3 aromatic heterocycles.